The number of benzene rings is 1. The van der Waals surface area contributed by atoms with E-state index in [1.54, 1.807) is 0 Å². The second kappa shape index (κ2) is 7.94. The van der Waals surface area contributed by atoms with E-state index in [-0.39, 0.29) is 0 Å². The van der Waals surface area contributed by atoms with Gasteiger partial charge in [0, 0.05) is 24.7 Å². The van der Waals surface area contributed by atoms with E-state index in [1.165, 1.54) is 31.4 Å². The Balaban J connectivity index is 1.83. The maximum absolute atomic E-state index is 5.56. The molecule has 0 bridgehead atoms. The second-order valence-corrected chi connectivity index (χ2v) is 5.36. The maximum Gasteiger partial charge on any atom is 0.148 e. The molecule has 108 valence electrons. The van der Waals surface area contributed by atoms with Crippen molar-refractivity contribution in [2.45, 2.75) is 31.8 Å². The Morgan fingerprint density at radius 1 is 1.40 bits per heavy atom. The van der Waals surface area contributed by atoms with E-state index >= 15 is 0 Å². The van der Waals surface area contributed by atoms with Crippen LogP contribution in [0.1, 0.15) is 24.8 Å². The molecule has 20 heavy (non-hydrogen) atoms. The first-order chi connectivity index (χ1) is 9.81. The van der Waals surface area contributed by atoms with Crippen LogP contribution in [0.25, 0.3) is 0 Å². The quantitative estimate of drug-likeness (QED) is 0.804. The SMILES string of the molecule is C#CCOc1ccccc1CNCC1CCCCN1C. The number of ether oxygens (including phenoxy) is 1. The fraction of sp³-hybridized carbons (Fsp3) is 0.529. The van der Waals surface area contributed by atoms with Crippen LogP contribution in [0.4, 0.5) is 0 Å². The number of hydrogen-bond acceptors (Lipinski definition) is 3. The summed E-state index contributed by atoms with van der Waals surface area (Å²) in [4.78, 5) is 2.46. The van der Waals surface area contributed by atoms with Crippen molar-refractivity contribution in [2.24, 2.45) is 0 Å². The molecule has 1 heterocycles. The number of hydrogen-bond donors (Lipinski definition) is 1. The number of piperidine rings is 1. The first-order valence-corrected chi connectivity index (χ1v) is 7.36. The Labute approximate surface area is 122 Å². The van der Waals surface area contributed by atoms with Crippen LogP contribution in [0.15, 0.2) is 24.3 Å². The highest BCUT2D eigenvalue weighted by Gasteiger charge is 2.18. The van der Waals surface area contributed by atoms with Gasteiger partial charge in [-0.05, 0) is 32.5 Å². The van der Waals surface area contributed by atoms with E-state index in [4.69, 9.17) is 11.2 Å². The molecule has 1 aromatic rings. The minimum atomic E-state index is 0.322. The highest BCUT2D eigenvalue weighted by Crippen LogP contribution is 2.18. The normalized spacial score (nSPS) is 19.5. The lowest BCUT2D eigenvalue weighted by Crippen LogP contribution is -2.42. The largest absolute Gasteiger partial charge is 0.481 e. The molecule has 1 atom stereocenters. The van der Waals surface area contributed by atoms with Crippen molar-refractivity contribution in [3.8, 4) is 18.1 Å². The van der Waals surface area contributed by atoms with Crippen LogP contribution in [0.3, 0.4) is 0 Å². The molecule has 0 aromatic heterocycles. The molecular weight excluding hydrogens is 248 g/mol. The molecule has 1 aliphatic heterocycles. The summed E-state index contributed by atoms with van der Waals surface area (Å²) in [5.41, 5.74) is 1.17. The molecule has 0 spiro atoms. The van der Waals surface area contributed by atoms with Gasteiger partial charge in [-0.1, -0.05) is 30.5 Å². The highest BCUT2D eigenvalue weighted by molar-refractivity contribution is 5.33. The molecule has 3 nitrogen and oxygen atoms in total. The molecule has 0 aliphatic carbocycles. The van der Waals surface area contributed by atoms with Crippen molar-refractivity contribution in [3.05, 3.63) is 29.8 Å². The molecule has 1 aliphatic rings. The van der Waals surface area contributed by atoms with Crippen molar-refractivity contribution >= 4 is 0 Å². The molecular formula is C17H24N2O. The Kier molecular flexibility index (Phi) is 5.91. The monoisotopic (exact) mass is 272 g/mol. The molecule has 1 fully saturated rings. The minimum absolute atomic E-state index is 0.322. The van der Waals surface area contributed by atoms with Gasteiger partial charge in [-0.2, -0.15) is 0 Å². The van der Waals surface area contributed by atoms with Gasteiger partial charge in [-0.3, -0.25) is 0 Å². The van der Waals surface area contributed by atoms with E-state index in [2.05, 4.69) is 29.3 Å². The molecule has 1 saturated heterocycles. The summed E-state index contributed by atoms with van der Waals surface area (Å²) in [5.74, 6) is 3.39. The van der Waals surface area contributed by atoms with Crippen LogP contribution in [-0.4, -0.2) is 37.7 Å². The summed E-state index contributed by atoms with van der Waals surface area (Å²) in [6, 6.07) is 8.73. The summed E-state index contributed by atoms with van der Waals surface area (Å²) in [6.07, 6.45) is 9.21. The minimum Gasteiger partial charge on any atom is -0.481 e. The summed E-state index contributed by atoms with van der Waals surface area (Å²) in [5, 5.41) is 3.55. The van der Waals surface area contributed by atoms with E-state index in [1.807, 2.05) is 18.2 Å². The van der Waals surface area contributed by atoms with Crippen molar-refractivity contribution in [3.63, 3.8) is 0 Å². The van der Waals surface area contributed by atoms with Gasteiger partial charge in [-0.15, -0.1) is 6.42 Å². The third kappa shape index (κ3) is 4.26. The van der Waals surface area contributed by atoms with Crippen LogP contribution in [0, 0.1) is 12.3 Å². The lowest BCUT2D eigenvalue weighted by molar-refractivity contribution is 0.181. The average Bonchev–Trinajstić information content (AvgIpc) is 2.48. The molecule has 1 unspecified atom stereocenters. The molecule has 3 heteroatoms. The van der Waals surface area contributed by atoms with Crippen molar-refractivity contribution in [1.29, 1.82) is 0 Å². The van der Waals surface area contributed by atoms with Gasteiger partial charge in [0.25, 0.3) is 0 Å². The highest BCUT2D eigenvalue weighted by atomic mass is 16.5. The smallest absolute Gasteiger partial charge is 0.148 e. The Hall–Kier alpha value is -1.50. The van der Waals surface area contributed by atoms with Crippen LogP contribution in [0.2, 0.25) is 0 Å². The molecule has 0 amide bonds. The summed E-state index contributed by atoms with van der Waals surface area (Å²) < 4.78 is 5.56. The molecule has 1 N–H and O–H groups in total. The van der Waals surface area contributed by atoms with E-state index < -0.39 is 0 Å². The third-order valence-corrected chi connectivity index (χ3v) is 3.90. The topological polar surface area (TPSA) is 24.5 Å². The third-order valence-electron chi connectivity index (χ3n) is 3.90. The lowest BCUT2D eigenvalue weighted by atomic mass is 10.0. The zero-order chi connectivity index (χ0) is 14.2. The first kappa shape index (κ1) is 14.9. The number of nitrogens with zero attached hydrogens (tertiary/aromatic N) is 1. The fourth-order valence-electron chi connectivity index (χ4n) is 2.69. The van der Waals surface area contributed by atoms with Gasteiger partial charge in [0.15, 0.2) is 0 Å². The first-order valence-electron chi connectivity index (χ1n) is 7.36. The summed E-state index contributed by atoms with van der Waals surface area (Å²) >= 11 is 0. The Morgan fingerprint density at radius 2 is 2.25 bits per heavy atom. The van der Waals surface area contributed by atoms with Gasteiger partial charge >= 0.3 is 0 Å². The number of para-hydroxylation sites is 1. The van der Waals surface area contributed by atoms with E-state index in [0.29, 0.717) is 12.6 Å². The van der Waals surface area contributed by atoms with Crippen molar-refractivity contribution in [2.75, 3.05) is 26.7 Å². The van der Waals surface area contributed by atoms with Gasteiger partial charge in [-0.25, -0.2) is 0 Å². The van der Waals surface area contributed by atoms with Gasteiger partial charge < -0.3 is 15.0 Å². The van der Waals surface area contributed by atoms with Gasteiger partial charge in [0.1, 0.15) is 12.4 Å². The van der Waals surface area contributed by atoms with Crippen molar-refractivity contribution in [1.82, 2.24) is 10.2 Å². The Bertz CT molecular complexity index is 453. The maximum atomic E-state index is 5.56. The van der Waals surface area contributed by atoms with Crippen LogP contribution >= 0.6 is 0 Å². The second-order valence-electron chi connectivity index (χ2n) is 5.36. The zero-order valence-electron chi connectivity index (χ0n) is 12.3. The summed E-state index contributed by atoms with van der Waals surface area (Å²) in [7, 11) is 2.22. The number of terminal acetylenes is 1. The predicted octanol–water partition coefficient (Wildman–Crippen LogP) is 2.27. The molecule has 1 aromatic carbocycles. The molecule has 0 saturated carbocycles. The standard InChI is InChI=1S/C17H24N2O/c1-3-12-20-17-10-5-4-8-15(17)13-18-14-16-9-6-7-11-19(16)2/h1,4-5,8,10,16,18H,6-7,9,11-14H2,2H3. The number of nitrogens with one attached hydrogen (secondary N) is 1. The van der Waals surface area contributed by atoms with E-state index in [9.17, 15) is 0 Å². The van der Waals surface area contributed by atoms with Crippen LogP contribution < -0.4 is 10.1 Å². The van der Waals surface area contributed by atoms with Crippen LogP contribution in [-0.2, 0) is 6.54 Å². The zero-order valence-corrected chi connectivity index (χ0v) is 12.3. The average molecular weight is 272 g/mol. The van der Waals surface area contributed by atoms with Crippen molar-refractivity contribution < 1.29 is 4.74 Å². The lowest BCUT2D eigenvalue weighted by Gasteiger charge is -2.32. The Morgan fingerprint density at radius 3 is 3.05 bits per heavy atom. The molecule has 2 rings (SSSR count). The van der Waals surface area contributed by atoms with Gasteiger partial charge in [0.2, 0.25) is 0 Å². The summed E-state index contributed by atoms with van der Waals surface area (Å²) in [6.45, 7) is 3.39. The van der Waals surface area contributed by atoms with E-state index in [0.717, 1.165) is 18.8 Å². The number of likely N-dealkylation sites (N-methyl/N-ethyl adjacent to an activating group) is 1. The van der Waals surface area contributed by atoms with Crippen LogP contribution in [0.5, 0.6) is 5.75 Å². The number of rotatable bonds is 6. The fourth-order valence-corrected chi connectivity index (χ4v) is 2.69. The molecule has 0 radical (unpaired) electrons. The predicted molar refractivity (Wildman–Crippen MR) is 82.7 cm³/mol. The number of likely N-dealkylation sites (tertiary alicyclic amines) is 1. The van der Waals surface area contributed by atoms with Gasteiger partial charge in [0.05, 0.1) is 0 Å².